The Morgan fingerprint density at radius 3 is 2.59 bits per heavy atom. The van der Waals surface area contributed by atoms with Crippen LogP contribution in [0.3, 0.4) is 0 Å². The molecular formula is C11H20N2O4. The van der Waals surface area contributed by atoms with Gasteiger partial charge in [-0.3, -0.25) is 4.68 Å². The van der Waals surface area contributed by atoms with Crippen LogP contribution in [0, 0.1) is 0 Å². The van der Waals surface area contributed by atoms with Gasteiger partial charge in [-0.05, 0) is 6.07 Å². The third kappa shape index (κ3) is 4.43. The van der Waals surface area contributed by atoms with Crippen molar-refractivity contribution in [2.45, 2.75) is 12.8 Å². The van der Waals surface area contributed by atoms with Crippen molar-refractivity contribution in [1.29, 1.82) is 0 Å². The Morgan fingerprint density at radius 1 is 1.18 bits per heavy atom. The number of hydrogen-bond donors (Lipinski definition) is 0. The highest BCUT2D eigenvalue weighted by molar-refractivity contribution is 5.02. The summed E-state index contributed by atoms with van der Waals surface area (Å²) in [5, 5.41) is 4.20. The van der Waals surface area contributed by atoms with Crippen LogP contribution in [0.15, 0.2) is 12.3 Å². The van der Waals surface area contributed by atoms with E-state index >= 15 is 0 Å². The average Bonchev–Trinajstić information content (AvgIpc) is 2.79. The van der Waals surface area contributed by atoms with E-state index in [0.717, 1.165) is 5.69 Å². The molecule has 0 fully saturated rings. The largest absolute Gasteiger partial charge is 0.382 e. The molecule has 17 heavy (non-hydrogen) atoms. The smallest absolute Gasteiger partial charge is 0.200 e. The van der Waals surface area contributed by atoms with Crippen molar-refractivity contribution >= 4 is 0 Å². The molecule has 0 amide bonds. The van der Waals surface area contributed by atoms with Crippen LogP contribution in [0.5, 0.6) is 0 Å². The summed E-state index contributed by atoms with van der Waals surface area (Å²) in [6.45, 7) is 2.43. The lowest BCUT2D eigenvalue weighted by molar-refractivity contribution is -0.111. The predicted molar refractivity (Wildman–Crippen MR) is 61.7 cm³/mol. The molecule has 0 radical (unpaired) electrons. The van der Waals surface area contributed by atoms with E-state index in [9.17, 15) is 0 Å². The lowest BCUT2D eigenvalue weighted by Gasteiger charge is -2.15. The first-order chi connectivity index (χ1) is 8.33. The van der Waals surface area contributed by atoms with Gasteiger partial charge in [0.1, 0.15) is 0 Å². The highest BCUT2D eigenvalue weighted by Crippen LogP contribution is 2.16. The summed E-state index contributed by atoms with van der Waals surface area (Å²) in [7, 11) is 4.85. The van der Waals surface area contributed by atoms with Gasteiger partial charge in [0.15, 0.2) is 6.29 Å². The van der Waals surface area contributed by atoms with Crippen molar-refractivity contribution in [2.24, 2.45) is 0 Å². The Morgan fingerprint density at radius 2 is 1.94 bits per heavy atom. The zero-order chi connectivity index (χ0) is 12.5. The number of aromatic nitrogens is 2. The first kappa shape index (κ1) is 14.1. The molecule has 1 heterocycles. The van der Waals surface area contributed by atoms with Gasteiger partial charge in [-0.25, -0.2) is 0 Å². The highest BCUT2D eigenvalue weighted by Gasteiger charge is 2.14. The maximum Gasteiger partial charge on any atom is 0.200 e. The van der Waals surface area contributed by atoms with E-state index in [0.29, 0.717) is 26.4 Å². The Kier molecular flexibility index (Phi) is 6.80. The van der Waals surface area contributed by atoms with Crippen LogP contribution in [0.1, 0.15) is 12.0 Å². The minimum absolute atomic E-state index is 0.392. The van der Waals surface area contributed by atoms with E-state index in [2.05, 4.69) is 5.10 Å². The maximum absolute atomic E-state index is 5.38. The Bertz CT molecular complexity index is 299. The Balaban J connectivity index is 2.40. The molecule has 0 unspecified atom stereocenters. The fourth-order valence-electron chi connectivity index (χ4n) is 1.46. The molecule has 0 aliphatic heterocycles. The van der Waals surface area contributed by atoms with Gasteiger partial charge >= 0.3 is 0 Å². The van der Waals surface area contributed by atoms with Gasteiger partial charge in [0, 0.05) is 27.5 Å². The summed E-state index contributed by atoms with van der Waals surface area (Å²) in [6.07, 6.45) is 1.33. The molecule has 1 rings (SSSR count). The summed E-state index contributed by atoms with van der Waals surface area (Å²) < 4.78 is 22.5. The summed E-state index contributed by atoms with van der Waals surface area (Å²) in [5.41, 5.74) is 0.880. The molecule has 0 spiro atoms. The van der Waals surface area contributed by atoms with Crippen LogP contribution < -0.4 is 0 Å². The first-order valence-electron chi connectivity index (χ1n) is 5.47. The van der Waals surface area contributed by atoms with Crippen LogP contribution in [0.4, 0.5) is 0 Å². The molecule has 0 aromatic carbocycles. The molecule has 6 heteroatoms. The van der Waals surface area contributed by atoms with E-state index in [-0.39, 0.29) is 0 Å². The second-order valence-corrected chi connectivity index (χ2v) is 3.39. The van der Waals surface area contributed by atoms with Gasteiger partial charge in [-0.15, -0.1) is 0 Å². The van der Waals surface area contributed by atoms with Gasteiger partial charge in [-0.2, -0.15) is 5.10 Å². The summed E-state index contributed by atoms with van der Waals surface area (Å²) in [5.74, 6) is 0. The lowest BCUT2D eigenvalue weighted by Crippen LogP contribution is -2.16. The Hall–Kier alpha value is -0.950. The van der Waals surface area contributed by atoms with Crippen molar-refractivity contribution < 1.29 is 18.9 Å². The monoisotopic (exact) mass is 244 g/mol. The third-order valence-corrected chi connectivity index (χ3v) is 2.30. The molecule has 6 nitrogen and oxygen atoms in total. The summed E-state index contributed by atoms with van der Waals surface area (Å²) in [4.78, 5) is 0. The van der Waals surface area contributed by atoms with Gasteiger partial charge in [0.05, 0.1) is 32.1 Å². The zero-order valence-corrected chi connectivity index (χ0v) is 10.6. The minimum Gasteiger partial charge on any atom is -0.382 e. The molecule has 0 atom stereocenters. The fourth-order valence-corrected chi connectivity index (χ4v) is 1.46. The minimum atomic E-state index is -0.392. The van der Waals surface area contributed by atoms with E-state index in [1.54, 1.807) is 27.5 Å². The van der Waals surface area contributed by atoms with Crippen LogP contribution in [-0.4, -0.2) is 50.9 Å². The average molecular weight is 244 g/mol. The quantitative estimate of drug-likeness (QED) is 0.476. The van der Waals surface area contributed by atoms with Crippen LogP contribution in [0.25, 0.3) is 0 Å². The van der Waals surface area contributed by atoms with Gasteiger partial charge in [0.2, 0.25) is 0 Å². The van der Waals surface area contributed by atoms with Crippen molar-refractivity contribution in [3.8, 4) is 0 Å². The van der Waals surface area contributed by atoms with E-state index < -0.39 is 6.29 Å². The summed E-state index contributed by atoms with van der Waals surface area (Å²) >= 11 is 0. The molecular weight excluding hydrogens is 224 g/mol. The molecule has 1 aromatic rings. The second-order valence-electron chi connectivity index (χ2n) is 3.39. The van der Waals surface area contributed by atoms with Crippen molar-refractivity contribution in [3.63, 3.8) is 0 Å². The summed E-state index contributed by atoms with van der Waals surface area (Å²) in [6, 6.07) is 1.87. The van der Waals surface area contributed by atoms with Crippen LogP contribution in [0.2, 0.25) is 0 Å². The number of methoxy groups -OCH3 is 3. The SMILES string of the molecule is COCCOCCn1nccc1C(OC)OC. The number of ether oxygens (including phenoxy) is 4. The predicted octanol–water partition coefficient (Wildman–Crippen LogP) is 0.837. The highest BCUT2D eigenvalue weighted by atomic mass is 16.7. The second kappa shape index (κ2) is 8.19. The topological polar surface area (TPSA) is 54.7 Å². The van der Waals surface area contributed by atoms with Gasteiger partial charge in [0.25, 0.3) is 0 Å². The number of nitrogens with zero attached hydrogens (tertiary/aromatic N) is 2. The zero-order valence-electron chi connectivity index (χ0n) is 10.6. The van der Waals surface area contributed by atoms with Crippen LogP contribution in [-0.2, 0) is 25.5 Å². The molecule has 0 bridgehead atoms. The first-order valence-corrected chi connectivity index (χ1v) is 5.47. The van der Waals surface area contributed by atoms with E-state index in [1.165, 1.54) is 0 Å². The van der Waals surface area contributed by atoms with E-state index in [4.69, 9.17) is 18.9 Å². The molecule has 98 valence electrons. The molecule has 0 saturated carbocycles. The number of hydrogen-bond acceptors (Lipinski definition) is 5. The van der Waals surface area contributed by atoms with E-state index in [1.807, 2.05) is 10.7 Å². The number of rotatable bonds is 9. The third-order valence-electron chi connectivity index (χ3n) is 2.30. The standard InChI is InChI=1S/C11H20N2O4/c1-14-8-9-17-7-6-13-10(4-5-12-13)11(15-2)16-3/h4-5,11H,6-9H2,1-3H3. The van der Waals surface area contributed by atoms with Crippen molar-refractivity contribution in [3.05, 3.63) is 18.0 Å². The molecule has 0 N–H and O–H groups in total. The molecule has 0 aliphatic carbocycles. The lowest BCUT2D eigenvalue weighted by atomic mass is 10.4. The Labute approximate surface area is 101 Å². The fraction of sp³-hybridized carbons (Fsp3) is 0.727. The van der Waals surface area contributed by atoms with Gasteiger partial charge in [-0.1, -0.05) is 0 Å². The van der Waals surface area contributed by atoms with Crippen molar-refractivity contribution in [2.75, 3.05) is 41.2 Å². The van der Waals surface area contributed by atoms with Crippen LogP contribution >= 0.6 is 0 Å². The molecule has 0 saturated heterocycles. The normalized spacial score (nSPS) is 11.3. The molecule has 1 aromatic heterocycles. The van der Waals surface area contributed by atoms with Crippen molar-refractivity contribution in [1.82, 2.24) is 9.78 Å². The molecule has 0 aliphatic rings. The maximum atomic E-state index is 5.38. The van der Waals surface area contributed by atoms with Gasteiger partial charge < -0.3 is 18.9 Å².